The van der Waals surface area contributed by atoms with Crippen LogP contribution in [-0.4, -0.2) is 27.0 Å². The van der Waals surface area contributed by atoms with Crippen molar-refractivity contribution < 1.29 is 14.3 Å². The van der Waals surface area contributed by atoms with E-state index in [4.69, 9.17) is 21.5 Å². The third-order valence-corrected chi connectivity index (χ3v) is 4.02. The van der Waals surface area contributed by atoms with Crippen molar-refractivity contribution in [1.82, 2.24) is 9.55 Å². The van der Waals surface area contributed by atoms with Crippen molar-refractivity contribution in [3.63, 3.8) is 0 Å². The van der Waals surface area contributed by atoms with Crippen LogP contribution in [0.2, 0.25) is 0 Å². The number of ether oxygens (including phenoxy) is 1. The number of fused-ring (bicyclic) bond motifs is 1. The normalized spacial score (nSPS) is 12.4. The lowest BCUT2D eigenvalue weighted by Crippen LogP contribution is -2.36. The van der Waals surface area contributed by atoms with Crippen molar-refractivity contribution in [2.75, 3.05) is 5.73 Å². The molecule has 0 aliphatic heterocycles. The summed E-state index contributed by atoms with van der Waals surface area (Å²) in [4.78, 5) is 41.4. The van der Waals surface area contributed by atoms with Gasteiger partial charge in [0.15, 0.2) is 0 Å². The first kappa shape index (κ1) is 20.9. The van der Waals surface area contributed by atoms with E-state index in [9.17, 15) is 14.4 Å². The van der Waals surface area contributed by atoms with Gasteiger partial charge in [-0.25, -0.2) is 4.98 Å². The number of carbonyl (C=O) groups is 2. The fourth-order valence-electron chi connectivity index (χ4n) is 2.94. The van der Waals surface area contributed by atoms with Crippen molar-refractivity contribution in [3.05, 3.63) is 33.9 Å². The number of nitrogens with zero attached hydrogens (tertiary/aromatic N) is 3. The summed E-state index contributed by atoms with van der Waals surface area (Å²) >= 11 is 0. The first-order chi connectivity index (χ1) is 12.9. The highest BCUT2D eigenvalue weighted by Crippen LogP contribution is 2.22. The van der Waals surface area contributed by atoms with Gasteiger partial charge < -0.3 is 16.2 Å². The molecular weight excluding hydrogens is 362 g/mol. The fraction of sp³-hybridized carbons (Fsp3) is 0.421. The van der Waals surface area contributed by atoms with Gasteiger partial charge >= 0.3 is 5.97 Å². The molecule has 1 aromatic carbocycles. The van der Waals surface area contributed by atoms with E-state index in [2.05, 4.69) is 4.98 Å². The Hall–Kier alpha value is -3.41. The minimum absolute atomic E-state index is 0.0195. The summed E-state index contributed by atoms with van der Waals surface area (Å²) in [5.41, 5.74) is 10.8. The molecule has 28 heavy (non-hydrogen) atoms. The minimum atomic E-state index is -1.09. The number of hydrogen-bond acceptors (Lipinski definition) is 7. The Bertz CT molecular complexity index is 1040. The molecule has 1 heterocycles. The maximum absolute atomic E-state index is 13.0. The van der Waals surface area contributed by atoms with E-state index in [0.717, 1.165) is 4.57 Å². The highest BCUT2D eigenvalue weighted by molar-refractivity contribution is 5.91. The van der Waals surface area contributed by atoms with Crippen molar-refractivity contribution in [2.45, 2.75) is 52.2 Å². The number of nitrogen functional groups attached to an aromatic ring is 1. The second-order valence-corrected chi connectivity index (χ2v) is 7.45. The zero-order valence-corrected chi connectivity index (χ0v) is 16.3. The number of aryl methyl sites for hydroxylation is 1. The van der Waals surface area contributed by atoms with Gasteiger partial charge in [0.1, 0.15) is 17.5 Å². The summed E-state index contributed by atoms with van der Waals surface area (Å²) in [5, 5.41) is 9.15. The molecule has 0 aliphatic rings. The monoisotopic (exact) mass is 385 g/mol. The zero-order valence-electron chi connectivity index (χ0n) is 16.3. The molecule has 1 amide bonds. The summed E-state index contributed by atoms with van der Waals surface area (Å²) in [6.45, 7) is 6.74. The van der Waals surface area contributed by atoms with Gasteiger partial charge in [0, 0.05) is 12.1 Å². The lowest BCUT2D eigenvalue weighted by atomic mass is 10.1. The van der Waals surface area contributed by atoms with Crippen LogP contribution < -0.4 is 17.0 Å². The van der Waals surface area contributed by atoms with E-state index in [1.165, 1.54) is 12.1 Å². The summed E-state index contributed by atoms with van der Waals surface area (Å²) in [7, 11) is 0. The topological polar surface area (TPSA) is 154 Å². The molecule has 2 aromatic rings. The average molecular weight is 385 g/mol. The molecule has 4 N–H and O–H groups in total. The molecular formula is C19H23N5O4. The predicted octanol–water partition coefficient (Wildman–Crippen LogP) is 1.31. The van der Waals surface area contributed by atoms with Gasteiger partial charge in [-0.15, -0.1) is 0 Å². The average Bonchev–Trinajstić information content (AvgIpc) is 2.54. The lowest BCUT2D eigenvalue weighted by Gasteiger charge is -2.22. The highest BCUT2D eigenvalue weighted by atomic mass is 16.6. The maximum atomic E-state index is 13.0. The number of rotatable bonds is 5. The van der Waals surface area contributed by atoms with Gasteiger partial charge in [0.25, 0.3) is 5.56 Å². The molecule has 9 nitrogen and oxygen atoms in total. The molecule has 0 fully saturated rings. The molecule has 1 atom stereocenters. The molecule has 1 aromatic heterocycles. The number of nitriles is 1. The number of benzene rings is 1. The number of hydrogen-bond donors (Lipinski definition) is 2. The molecule has 0 aliphatic carbocycles. The predicted molar refractivity (Wildman–Crippen MR) is 103 cm³/mol. The largest absolute Gasteiger partial charge is 0.460 e. The lowest BCUT2D eigenvalue weighted by molar-refractivity contribution is -0.155. The SMILES string of the molecule is Cc1nc2cc(C#N)cc(N)c2c(=O)n1[C@@H](CCC(=O)OC(C)(C)C)C(N)=O. The van der Waals surface area contributed by atoms with Crippen LogP contribution in [0.1, 0.15) is 51.0 Å². The van der Waals surface area contributed by atoms with Gasteiger partial charge in [0.05, 0.1) is 22.5 Å². The Kier molecular flexibility index (Phi) is 5.73. The van der Waals surface area contributed by atoms with E-state index in [1.807, 2.05) is 6.07 Å². The van der Waals surface area contributed by atoms with Gasteiger partial charge in [-0.3, -0.25) is 19.0 Å². The number of primary amides is 1. The molecule has 0 saturated heterocycles. The van der Waals surface area contributed by atoms with E-state index in [0.29, 0.717) is 0 Å². The number of aromatic nitrogens is 2. The van der Waals surface area contributed by atoms with E-state index >= 15 is 0 Å². The third-order valence-electron chi connectivity index (χ3n) is 4.02. The Morgan fingerprint density at radius 3 is 2.54 bits per heavy atom. The van der Waals surface area contributed by atoms with Gasteiger partial charge in [-0.05, 0) is 46.2 Å². The smallest absolute Gasteiger partial charge is 0.306 e. The number of esters is 1. The van der Waals surface area contributed by atoms with Crippen molar-refractivity contribution in [1.29, 1.82) is 5.26 Å². The molecule has 0 saturated carbocycles. The van der Waals surface area contributed by atoms with Crippen LogP contribution in [0.4, 0.5) is 5.69 Å². The molecule has 2 rings (SSSR count). The maximum Gasteiger partial charge on any atom is 0.306 e. The fourth-order valence-corrected chi connectivity index (χ4v) is 2.94. The van der Waals surface area contributed by atoms with E-state index in [1.54, 1.807) is 27.7 Å². The molecule has 9 heteroatoms. The van der Waals surface area contributed by atoms with Crippen LogP contribution >= 0.6 is 0 Å². The molecule has 0 radical (unpaired) electrons. The summed E-state index contributed by atoms with van der Waals surface area (Å²) in [5.74, 6) is -1.06. The second kappa shape index (κ2) is 7.68. The first-order valence-electron chi connectivity index (χ1n) is 8.68. The quantitative estimate of drug-likeness (QED) is 0.581. The summed E-state index contributed by atoms with van der Waals surface area (Å²) in [6, 6.07) is 3.68. The molecule has 148 valence electrons. The van der Waals surface area contributed by atoms with Crippen molar-refractivity contribution in [3.8, 4) is 6.07 Å². The van der Waals surface area contributed by atoms with Gasteiger partial charge in [-0.1, -0.05) is 0 Å². The summed E-state index contributed by atoms with van der Waals surface area (Å²) in [6.07, 6.45) is -0.119. The van der Waals surface area contributed by atoms with Gasteiger partial charge in [0.2, 0.25) is 5.91 Å². The van der Waals surface area contributed by atoms with Crippen LogP contribution in [0.15, 0.2) is 16.9 Å². The molecule has 0 bridgehead atoms. The van der Waals surface area contributed by atoms with Crippen molar-refractivity contribution in [2.24, 2.45) is 5.73 Å². The summed E-state index contributed by atoms with van der Waals surface area (Å²) < 4.78 is 6.37. The van der Waals surface area contributed by atoms with Crippen LogP contribution in [0, 0.1) is 18.3 Å². The Morgan fingerprint density at radius 2 is 2.00 bits per heavy atom. The Labute approximate surface area is 161 Å². The highest BCUT2D eigenvalue weighted by Gasteiger charge is 2.25. The van der Waals surface area contributed by atoms with E-state index in [-0.39, 0.29) is 40.8 Å². The number of nitrogens with two attached hydrogens (primary N) is 2. The number of amides is 1. The number of carbonyl (C=O) groups excluding carboxylic acids is 2. The third kappa shape index (κ3) is 4.46. The van der Waals surface area contributed by atoms with Crippen LogP contribution in [-0.2, 0) is 14.3 Å². The second-order valence-electron chi connectivity index (χ2n) is 7.45. The van der Waals surface area contributed by atoms with Crippen molar-refractivity contribution >= 4 is 28.5 Å². The molecule has 0 spiro atoms. The Balaban J connectivity index is 2.49. The first-order valence-corrected chi connectivity index (χ1v) is 8.68. The van der Waals surface area contributed by atoms with Crippen LogP contribution in [0.5, 0.6) is 0 Å². The standard InChI is InChI=1S/C19H23N5O4/c1-10-23-13-8-11(9-20)7-12(21)16(13)18(27)24(10)14(17(22)26)5-6-15(25)28-19(2,3)4/h7-8,14H,5-6,21H2,1-4H3,(H2,22,26)/t14-/m0/s1. The van der Waals surface area contributed by atoms with Crippen LogP contribution in [0.3, 0.4) is 0 Å². The van der Waals surface area contributed by atoms with Gasteiger partial charge in [-0.2, -0.15) is 5.26 Å². The Morgan fingerprint density at radius 1 is 1.36 bits per heavy atom. The minimum Gasteiger partial charge on any atom is -0.460 e. The van der Waals surface area contributed by atoms with Crippen LogP contribution in [0.25, 0.3) is 10.9 Å². The zero-order chi connectivity index (χ0) is 21.2. The number of anilines is 1. The molecule has 0 unspecified atom stereocenters. The van der Waals surface area contributed by atoms with E-state index < -0.39 is 29.1 Å².